The third-order valence-electron chi connectivity index (χ3n) is 3.24. The number of aromatic nitrogens is 2. The molecule has 78 valence electrons. The average Bonchev–Trinajstić information content (AvgIpc) is 2.60. The van der Waals surface area contributed by atoms with E-state index in [1.165, 1.54) is 11.1 Å². The van der Waals surface area contributed by atoms with E-state index in [9.17, 15) is 0 Å². The number of aryl methyl sites for hydroxylation is 2. The van der Waals surface area contributed by atoms with Crippen LogP contribution in [0.15, 0.2) is 18.2 Å². The average molecular weight is 201 g/mol. The molecule has 1 aliphatic heterocycles. The zero-order valence-corrected chi connectivity index (χ0v) is 8.90. The smallest absolute Gasteiger partial charge is 0.126 e. The van der Waals surface area contributed by atoms with E-state index in [4.69, 9.17) is 5.73 Å². The summed E-state index contributed by atoms with van der Waals surface area (Å²) >= 11 is 0. The molecule has 2 N–H and O–H groups in total. The Hall–Kier alpha value is -1.35. The van der Waals surface area contributed by atoms with Crippen molar-refractivity contribution in [1.29, 1.82) is 0 Å². The van der Waals surface area contributed by atoms with E-state index in [1.54, 1.807) is 0 Å². The van der Waals surface area contributed by atoms with Gasteiger partial charge >= 0.3 is 0 Å². The Balaban J connectivity index is 2.35. The highest BCUT2D eigenvalue weighted by Crippen LogP contribution is 2.28. The van der Waals surface area contributed by atoms with Crippen molar-refractivity contribution < 1.29 is 0 Å². The van der Waals surface area contributed by atoms with Gasteiger partial charge in [-0.25, -0.2) is 4.98 Å². The number of hydrogen-bond donors (Lipinski definition) is 1. The molecule has 1 aromatic carbocycles. The molecule has 0 saturated heterocycles. The largest absolute Gasteiger partial charge is 0.327 e. The second-order valence-electron chi connectivity index (χ2n) is 4.31. The summed E-state index contributed by atoms with van der Waals surface area (Å²) in [6, 6.07) is 6.45. The van der Waals surface area contributed by atoms with Gasteiger partial charge in [-0.15, -0.1) is 0 Å². The molecule has 1 atom stereocenters. The van der Waals surface area contributed by atoms with Gasteiger partial charge in [-0.05, 0) is 31.4 Å². The first-order valence-electron chi connectivity index (χ1n) is 5.48. The van der Waals surface area contributed by atoms with Crippen LogP contribution in [0, 0.1) is 6.92 Å². The lowest BCUT2D eigenvalue weighted by Gasteiger charge is -2.20. The third kappa shape index (κ3) is 1.20. The molecule has 1 aliphatic rings. The van der Waals surface area contributed by atoms with Gasteiger partial charge in [0, 0.05) is 6.54 Å². The van der Waals surface area contributed by atoms with Crippen LogP contribution in [0.4, 0.5) is 0 Å². The Kier molecular flexibility index (Phi) is 1.83. The SMILES string of the molecule is Cc1cccc2c1nc1n2CCCC1N. The van der Waals surface area contributed by atoms with Crippen LogP contribution in [-0.2, 0) is 6.54 Å². The zero-order chi connectivity index (χ0) is 10.4. The normalized spacial score (nSPS) is 20.5. The number of imidazole rings is 1. The molecule has 0 aliphatic carbocycles. The van der Waals surface area contributed by atoms with Crippen LogP contribution in [0.25, 0.3) is 11.0 Å². The summed E-state index contributed by atoms with van der Waals surface area (Å²) in [5.41, 5.74) is 9.67. The van der Waals surface area contributed by atoms with Crippen LogP contribution in [0.5, 0.6) is 0 Å². The number of nitrogens with zero attached hydrogens (tertiary/aromatic N) is 2. The number of rotatable bonds is 0. The highest BCUT2D eigenvalue weighted by Gasteiger charge is 2.21. The van der Waals surface area contributed by atoms with E-state index in [1.807, 2.05) is 0 Å². The molecular weight excluding hydrogens is 186 g/mol. The van der Waals surface area contributed by atoms with Crippen molar-refractivity contribution in [2.24, 2.45) is 5.73 Å². The molecule has 0 spiro atoms. The maximum absolute atomic E-state index is 6.08. The monoisotopic (exact) mass is 201 g/mol. The van der Waals surface area contributed by atoms with Crippen LogP contribution in [0.3, 0.4) is 0 Å². The summed E-state index contributed by atoms with van der Waals surface area (Å²) in [4.78, 5) is 4.67. The van der Waals surface area contributed by atoms with Crippen LogP contribution >= 0.6 is 0 Å². The Labute approximate surface area is 88.9 Å². The first-order chi connectivity index (χ1) is 7.27. The Bertz CT molecular complexity index is 513. The van der Waals surface area contributed by atoms with Gasteiger partial charge in [0.2, 0.25) is 0 Å². The summed E-state index contributed by atoms with van der Waals surface area (Å²) < 4.78 is 2.27. The molecule has 0 radical (unpaired) electrons. The van der Waals surface area contributed by atoms with Gasteiger partial charge in [0.1, 0.15) is 5.82 Å². The summed E-state index contributed by atoms with van der Waals surface area (Å²) in [6.07, 6.45) is 2.22. The van der Waals surface area contributed by atoms with E-state index in [-0.39, 0.29) is 6.04 Å². The fourth-order valence-corrected chi connectivity index (χ4v) is 2.42. The first kappa shape index (κ1) is 8.92. The second kappa shape index (κ2) is 3.07. The number of para-hydroxylation sites is 1. The molecule has 0 fully saturated rings. The molecular formula is C12H15N3. The lowest BCUT2D eigenvalue weighted by Crippen LogP contribution is -2.21. The van der Waals surface area contributed by atoms with E-state index < -0.39 is 0 Å². The maximum atomic E-state index is 6.08. The molecule has 15 heavy (non-hydrogen) atoms. The molecule has 1 unspecified atom stereocenters. The number of benzene rings is 1. The van der Waals surface area contributed by atoms with Crippen molar-refractivity contribution in [3.63, 3.8) is 0 Å². The van der Waals surface area contributed by atoms with Gasteiger partial charge in [0.25, 0.3) is 0 Å². The van der Waals surface area contributed by atoms with E-state index in [2.05, 4.69) is 34.7 Å². The van der Waals surface area contributed by atoms with Crippen LogP contribution < -0.4 is 5.73 Å². The lowest BCUT2D eigenvalue weighted by atomic mass is 10.1. The van der Waals surface area contributed by atoms with Crippen molar-refractivity contribution in [2.75, 3.05) is 0 Å². The van der Waals surface area contributed by atoms with Gasteiger partial charge in [-0.3, -0.25) is 0 Å². The summed E-state index contributed by atoms with van der Waals surface area (Å²) in [7, 11) is 0. The molecule has 3 rings (SSSR count). The minimum Gasteiger partial charge on any atom is -0.327 e. The molecule has 0 saturated carbocycles. The van der Waals surface area contributed by atoms with E-state index in [0.29, 0.717) is 0 Å². The minimum atomic E-state index is 0.116. The van der Waals surface area contributed by atoms with Crippen molar-refractivity contribution >= 4 is 11.0 Å². The molecule has 0 amide bonds. The van der Waals surface area contributed by atoms with E-state index >= 15 is 0 Å². The Morgan fingerprint density at radius 3 is 3.20 bits per heavy atom. The second-order valence-corrected chi connectivity index (χ2v) is 4.31. The Morgan fingerprint density at radius 1 is 1.47 bits per heavy atom. The predicted molar refractivity (Wildman–Crippen MR) is 60.6 cm³/mol. The van der Waals surface area contributed by atoms with Crippen molar-refractivity contribution in [3.8, 4) is 0 Å². The van der Waals surface area contributed by atoms with Gasteiger partial charge in [0.05, 0.1) is 17.1 Å². The lowest BCUT2D eigenvalue weighted by molar-refractivity contribution is 0.459. The zero-order valence-electron chi connectivity index (χ0n) is 8.90. The van der Waals surface area contributed by atoms with Gasteiger partial charge < -0.3 is 10.3 Å². The van der Waals surface area contributed by atoms with Gasteiger partial charge in [-0.1, -0.05) is 12.1 Å². The number of fused-ring (bicyclic) bond motifs is 3. The summed E-state index contributed by atoms with van der Waals surface area (Å²) in [5, 5.41) is 0. The summed E-state index contributed by atoms with van der Waals surface area (Å²) in [5.74, 6) is 1.06. The molecule has 3 heteroatoms. The van der Waals surface area contributed by atoms with Gasteiger partial charge in [-0.2, -0.15) is 0 Å². The van der Waals surface area contributed by atoms with Crippen molar-refractivity contribution in [2.45, 2.75) is 32.4 Å². The standard InChI is InChI=1S/C12H15N3/c1-8-4-2-6-10-11(8)14-12-9(13)5-3-7-15(10)12/h2,4,6,9H,3,5,7,13H2,1H3. The predicted octanol–water partition coefficient (Wildman–Crippen LogP) is 2.14. The number of hydrogen-bond acceptors (Lipinski definition) is 2. The van der Waals surface area contributed by atoms with E-state index in [0.717, 1.165) is 30.7 Å². The maximum Gasteiger partial charge on any atom is 0.126 e. The molecule has 2 aromatic rings. The number of nitrogens with two attached hydrogens (primary N) is 1. The van der Waals surface area contributed by atoms with Gasteiger partial charge in [0.15, 0.2) is 0 Å². The minimum absolute atomic E-state index is 0.116. The fourth-order valence-electron chi connectivity index (χ4n) is 2.42. The molecule has 1 aromatic heterocycles. The summed E-state index contributed by atoms with van der Waals surface area (Å²) in [6.45, 7) is 3.16. The van der Waals surface area contributed by atoms with Crippen molar-refractivity contribution in [1.82, 2.24) is 9.55 Å². The molecule has 2 heterocycles. The molecule has 0 bridgehead atoms. The van der Waals surface area contributed by atoms with Crippen LogP contribution in [0.1, 0.15) is 30.3 Å². The highest BCUT2D eigenvalue weighted by atomic mass is 15.1. The topological polar surface area (TPSA) is 43.8 Å². The van der Waals surface area contributed by atoms with Crippen LogP contribution in [-0.4, -0.2) is 9.55 Å². The fraction of sp³-hybridized carbons (Fsp3) is 0.417. The Morgan fingerprint density at radius 2 is 2.33 bits per heavy atom. The quantitative estimate of drug-likeness (QED) is 0.709. The highest BCUT2D eigenvalue weighted by molar-refractivity contribution is 5.79. The van der Waals surface area contributed by atoms with Crippen LogP contribution in [0.2, 0.25) is 0 Å². The first-order valence-corrected chi connectivity index (χ1v) is 5.48. The van der Waals surface area contributed by atoms with Crippen molar-refractivity contribution in [3.05, 3.63) is 29.6 Å². The third-order valence-corrected chi connectivity index (χ3v) is 3.24. The molecule has 3 nitrogen and oxygen atoms in total.